The first kappa shape index (κ1) is 14.8. The highest BCUT2D eigenvalue weighted by atomic mass is 35.5. The molecule has 0 aliphatic heterocycles. The summed E-state index contributed by atoms with van der Waals surface area (Å²) in [6.45, 7) is 1.69. The van der Waals surface area contributed by atoms with Crippen LogP contribution in [-0.2, 0) is 4.79 Å². The Bertz CT molecular complexity index is 466. The van der Waals surface area contributed by atoms with E-state index in [9.17, 15) is 9.59 Å². The van der Waals surface area contributed by atoms with Gasteiger partial charge in [-0.3, -0.25) is 4.79 Å². The average molecular weight is 291 g/mol. The fourth-order valence-corrected chi connectivity index (χ4v) is 1.88. The lowest BCUT2D eigenvalue weighted by Crippen LogP contribution is -2.24. The van der Waals surface area contributed by atoms with Crippen molar-refractivity contribution in [3.8, 4) is 0 Å². The summed E-state index contributed by atoms with van der Waals surface area (Å²) < 4.78 is 0. The monoisotopic (exact) mass is 290 g/mol. The topological polar surface area (TPSA) is 92.4 Å². The number of aromatic carboxylic acids is 1. The van der Waals surface area contributed by atoms with Crippen molar-refractivity contribution < 1.29 is 14.7 Å². The van der Waals surface area contributed by atoms with Crippen molar-refractivity contribution in [1.29, 1.82) is 0 Å². The van der Waals surface area contributed by atoms with E-state index in [4.69, 9.17) is 34.0 Å². The predicted octanol–water partition coefficient (Wildman–Crippen LogP) is 2.37. The summed E-state index contributed by atoms with van der Waals surface area (Å²) in [7, 11) is 0. The minimum atomic E-state index is -1.15. The Hall–Kier alpha value is -1.30. The molecule has 0 saturated heterocycles. The standard InChI is InChI=1S/C11H12Cl2N2O3/c1-5(14)2-9(16)15-10-7(12)3-6(11(17)18)4-8(10)13/h3-5H,2,14H2,1H3,(H,15,16)(H,17,18). The third-order valence-corrected chi connectivity index (χ3v) is 2.66. The van der Waals surface area contributed by atoms with E-state index in [1.165, 1.54) is 12.1 Å². The average Bonchev–Trinajstić information content (AvgIpc) is 2.21. The Morgan fingerprint density at radius 2 is 1.89 bits per heavy atom. The fraction of sp³-hybridized carbons (Fsp3) is 0.273. The number of nitrogens with one attached hydrogen (secondary N) is 1. The smallest absolute Gasteiger partial charge is 0.335 e. The van der Waals surface area contributed by atoms with Crippen LogP contribution in [0, 0.1) is 0 Å². The third-order valence-electron chi connectivity index (χ3n) is 2.06. The maximum absolute atomic E-state index is 11.5. The van der Waals surface area contributed by atoms with Crippen LogP contribution in [0.2, 0.25) is 10.0 Å². The van der Waals surface area contributed by atoms with E-state index in [1.807, 2.05) is 0 Å². The van der Waals surface area contributed by atoms with Crippen molar-refractivity contribution in [2.75, 3.05) is 5.32 Å². The van der Waals surface area contributed by atoms with Gasteiger partial charge in [-0.15, -0.1) is 0 Å². The molecule has 0 radical (unpaired) electrons. The molecule has 7 heteroatoms. The molecule has 0 saturated carbocycles. The van der Waals surface area contributed by atoms with Gasteiger partial charge >= 0.3 is 5.97 Å². The summed E-state index contributed by atoms with van der Waals surface area (Å²) in [5.41, 5.74) is 5.63. The number of carboxylic acids is 1. The van der Waals surface area contributed by atoms with Gasteiger partial charge in [0.1, 0.15) is 0 Å². The number of hydrogen-bond acceptors (Lipinski definition) is 3. The van der Waals surface area contributed by atoms with Gasteiger partial charge in [0, 0.05) is 12.5 Å². The number of carbonyl (C=O) groups is 2. The number of amides is 1. The zero-order chi connectivity index (χ0) is 13.9. The van der Waals surface area contributed by atoms with Crippen LogP contribution in [0.1, 0.15) is 23.7 Å². The summed E-state index contributed by atoms with van der Waals surface area (Å²) in [5.74, 6) is -1.48. The first-order valence-electron chi connectivity index (χ1n) is 5.09. The zero-order valence-corrected chi connectivity index (χ0v) is 11.0. The van der Waals surface area contributed by atoms with E-state index in [-0.39, 0.29) is 39.7 Å². The van der Waals surface area contributed by atoms with E-state index < -0.39 is 5.97 Å². The van der Waals surface area contributed by atoms with Gasteiger partial charge in [-0.05, 0) is 19.1 Å². The molecule has 18 heavy (non-hydrogen) atoms. The molecule has 0 heterocycles. The largest absolute Gasteiger partial charge is 0.478 e. The predicted molar refractivity (Wildman–Crippen MR) is 70.3 cm³/mol. The lowest BCUT2D eigenvalue weighted by molar-refractivity contribution is -0.116. The minimum Gasteiger partial charge on any atom is -0.478 e. The molecule has 1 atom stereocenters. The maximum Gasteiger partial charge on any atom is 0.335 e. The molecule has 0 aromatic heterocycles. The molecule has 98 valence electrons. The Labute approximate surface area is 114 Å². The van der Waals surface area contributed by atoms with Gasteiger partial charge in [-0.1, -0.05) is 23.2 Å². The van der Waals surface area contributed by atoms with Crippen molar-refractivity contribution >= 4 is 40.8 Å². The second-order valence-electron chi connectivity index (χ2n) is 3.85. The van der Waals surface area contributed by atoms with Gasteiger partial charge in [-0.2, -0.15) is 0 Å². The molecule has 1 rings (SSSR count). The molecule has 4 N–H and O–H groups in total. The highest BCUT2D eigenvalue weighted by Crippen LogP contribution is 2.32. The van der Waals surface area contributed by atoms with Crippen molar-refractivity contribution in [1.82, 2.24) is 0 Å². The molecule has 0 spiro atoms. The van der Waals surface area contributed by atoms with Gasteiger partial charge in [0.2, 0.25) is 5.91 Å². The molecule has 0 aliphatic carbocycles. The second kappa shape index (κ2) is 6.04. The Morgan fingerprint density at radius 3 is 2.28 bits per heavy atom. The zero-order valence-electron chi connectivity index (χ0n) is 9.54. The fourth-order valence-electron chi connectivity index (χ4n) is 1.30. The van der Waals surface area contributed by atoms with Crippen molar-refractivity contribution in [2.45, 2.75) is 19.4 Å². The molecular formula is C11H12Cl2N2O3. The summed E-state index contributed by atoms with van der Waals surface area (Å²) in [6, 6.07) is 2.15. The summed E-state index contributed by atoms with van der Waals surface area (Å²) >= 11 is 11.7. The lowest BCUT2D eigenvalue weighted by Gasteiger charge is -2.11. The molecule has 1 aromatic rings. The van der Waals surface area contributed by atoms with Crippen molar-refractivity contribution in [3.63, 3.8) is 0 Å². The molecule has 1 amide bonds. The SMILES string of the molecule is CC(N)CC(=O)Nc1c(Cl)cc(C(=O)O)cc1Cl. The molecule has 0 aliphatic rings. The van der Waals surface area contributed by atoms with Gasteiger partial charge in [0.05, 0.1) is 21.3 Å². The molecule has 1 unspecified atom stereocenters. The summed E-state index contributed by atoms with van der Waals surface area (Å²) in [4.78, 5) is 22.3. The van der Waals surface area contributed by atoms with Crippen LogP contribution in [-0.4, -0.2) is 23.0 Å². The number of benzene rings is 1. The molecule has 0 bridgehead atoms. The highest BCUT2D eigenvalue weighted by molar-refractivity contribution is 6.40. The van der Waals surface area contributed by atoms with Crippen LogP contribution in [0.25, 0.3) is 0 Å². The van der Waals surface area contributed by atoms with Crippen molar-refractivity contribution in [3.05, 3.63) is 27.7 Å². The van der Waals surface area contributed by atoms with Crippen LogP contribution in [0.15, 0.2) is 12.1 Å². The molecular weight excluding hydrogens is 279 g/mol. The number of nitrogens with two attached hydrogens (primary N) is 1. The number of hydrogen-bond donors (Lipinski definition) is 3. The Morgan fingerprint density at radius 1 is 1.39 bits per heavy atom. The van der Waals surface area contributed by atoms with Gasteiger partial charge in [0.25, 0.3) is 0 Å². The number of anilines is 1. The summed E-state index contributed by atoms with van der Waals surface area (Å²) in [6.07, 6.45) is 0.118. The first-order chi connectivity index (χ1) is 8.31. The second-order valence-corrected chi connectivity index (χ2v) is 4.66. The van der Waals surface area contributed by atoms with Crippen LogP contribution in [0.5, 0.6) is 0 Å². The van der Waals surface area contributed by atoms with Crippen LogP contribution in [0.4, 0.5) is 5.69 Å². The van der Waals surface area contributed by atoms with Crippen LogP contribution < -0.4 is 11.1 Å². The number of rotatable bonds is 4. The molecule has 1 aromatic carbocycles. The number of carbonyl (C=O) groups excluding carboxylic acids is 1. The quantitative estimate of drug-likeness (QED) is 0.794. The van der Waals surface area contributed by atoms with Crippen molar-refractivity contribution in [2.24, 2.45) is 5.73 Å². The third kappa shape index (κ3) is 3.87. The molecule has 5 nitrogen and oxygen atoms in total. The normalized spacial score (nSPS) is 12.0. The Kier molecular flexibility index (Phi) is 4.95. The minimum absolute atomic E-state index is 0.0461. The number of halogens is 2. The van der Waals surface area contributed by atoms with E-state index in [0.717, 1.165) is 0 Å². The van der Waals surface area contributed by atoms with Gasteiger partial charge < -0.3 is 16.2 Å². The van der Waals surface area contributed by atoms with E-state index in [2.05, 4.69) is 5.32 Å². The van der Waals surface area contributed by atoms with Crippen LogP contribution in [0.3, 0.4) is 0 Å². The maximum atomic E-state index is 11.5. The number of carboxylic acid groups (broad SMARTS) is 1. The molecule has 0 fully saturated rings. The first-order valence-corrected chi connectivity index (χ1v) is 5.84. The Balaban J connectivity index is 2.97. The lowest BCUT2D eigenvalue weighted by atomic mass is 10.2. The van der Waals surface area contributed by atoms with Gasteiger partial charge in [-0.25, -0.2) is 4.79 Å². The van der Waals surface area contributed by atoms with E-state index in [1.54, 1.807) is 6.92 Å². The summed E-state index contributed by atoms with van der Waals surface area (Å²) in [5, 5.41) is 11.4. The highest BCUT2D eigenvalue weighted by Gasteiger charge is 2.15. The van der Waals surface area contributed by atoms with E-state index >= 15 is 0 Å². The van der Waals surface area contributed by atoms with E-state index in [0.29, 0.717) is 0 Å². The van der Waals surface area contributed by atoms with Crippen LogP contribution >= 0.6 is 23.2 Å². The van der Waals surface area contributed by atoms with Gasteiger partial charge in [0.15, 0.2) is 0 Å².